The highest BCUT2D eigenvalue weighted by Gasteiger charge is 2.00. The van der Waals surface area contributed by atoms with Crippen LogP contribution in [-0.2, 0) is 9.53 Å². The van der Waals surface area contributed by atoms with E-state index >= 15 is 0 Å². The standard InChI is InChI=1S/C10H21NO3/c1-3-9(12)6-8-11-7-4-5-10(13)14-2/h9,11-12H,3-8H2,1-2H3. The summed E-state index contributed by atoms with van der Waals surface area (Å²) in [5.41, 5.74) is 0. The Labute approximate surface area is 85.6 Å². The van der Waals surface area contributed by atoms with Crippen LogP contribution in [0.5, 0.6) is 0 Å². The van der Waals surface area contributed by atoms with Gasteiger partial charge in [0.15, 0.2) is 0 Å². The van der Waals surface area contributed by atoms with Gasteiger partial charge in [-0.25, -0.2) is 0 Å². The first kappa shape index (κ1) is 13.4. The summed E-state index contributed by atoms with van der Waals surface area (Å²) >= 11 is 0. The van der Waals surface area contributed by atoms with E-state index in [4.69, 9.17) is 0 Å². The quantitative estimate of drug-likeness (QED) is 0.450. The van der Waals surface area contributed by atoms with Crippen LogP contribution in [0.25, 0.3) is 0 Å². The van der Waals surface area contributed by atoms with Crippen molar-refractivity contribution in [1.29, 1.82) is 0 Å². The minimum absolute atomic E-state index is 0.166. The number of carbonyl (C=O) groups is 1. The van der Waals surface area contributed by atoms with Crippen molar-refractivity contribution < 1.29 is 14.6 Å². The maximum atomic E-state index is 10.7. The molecule has 0 aliphatic carbocycles. The zero-order valence-electron chi connectivity index (χ0n) is 9.08. The first-order valence-corrected chi connectivity index (χ1v) is 5.16. The average molecular weight is 203 g/mol. The minimum atomic E-state index is -0.205. The van der Waals surface area contributed by atoms with Crippen molar-refractivity contribution in [2.24, 2.45) is 0 Å². The third-order valence-corrected chi connectivity index (χ3v) is 2.09. The average Bonchev–Trinajstić information content (AvgIpc) is 2.22. The number of methoxy groups -OCH3 is 1. The summed E-state index contributed by atoms with van der Waals surface area (Å²) in [7, 11) is 1.40. The molecule has 84 valence electrons. The minimum Gasteiger partial charge on any atom is -0.469 e. The van der Waals surface area contributed by atoms with Gasteiger partial charge in [-0.15, -0.1) is 0 Å². The van der Waals surface area contributed by atoms with Crippen molar-refractivity contribution in [1.82, 2.24) is 5.32 Å². The molecule has 0 aliphatic heterocycles. The van der Waals surface area contributed by atoms with Gasteiger partial charge < -0.3 is 15.2 Å². The Balaban J connectivity index is 3.10. The molecule has 1 atom stereocenters. The fourth-order valence-corrected chi connectivity index (χ4v) is 1.06. The SMILES string of the molecule is CCC(O)CCNCCCC(=O)OC. The molecule has 0 aromatic carbocycles. The predicted octanol–water partition coefficient (Wildman–Crippen LogP) is 0.690. The number of hydrogen-bond donors (Lipinski definition) is 2. The van der Waals surface area contributed by atoms with Crippen LogP contribution in [0, 0.1) is 0 Å². The zero-order chi connectivity index (χ0) is 10.8. The van der Waals surface area contributed by atoms with E-state index in [1.54, 1.807) is 0 Å². The molecule has 0 saturated carbocycles. The van der Waals surface area contributed by atoms with E-state index in [0.717, 1.165) is 32.4 Å². The summed E-state index contributed by atoms with van der Waals surface area (Å²) in [5.74, 6) is -0.166. The highest BCUT2D eigenvalue weighted by atomic mass is 16.5. The van der Waals surface area contributed by atoms with Crippen LogP contribution in [0.1, 0.15) is 32.6 Å². The molecule has 0 rings (SSSR count). The third-order valence-electron chi connectivity index (χ3n) is 2.09. The van der Waals surface area contributed by atoms with Gasteiger partial charge >= 0.3 is 5.97 Å². The lowest BCUT2D eigenvalue weighted by atomic mass is 10.2. The fourth-order valence-electron chi connectivity index (χ4n) is 1.06. The van der Waals surface area contributed by atoms with Crippen LogP contribution in [0.15, 0.2) is 0 Å². The molecular formula is C10H21NO3. The highest BCUT2D eigenvalue weighted by Crippen LogP contribution is 1.95. The van der Waals surface area contributed by atoms with Gasteiger partial charge in [-0.1, -0.05) is 6.92 Å². The first-order valence-electron chi connectivity index (χ1n) is 5.16. The van der Waals surface area contributed by atoms with E-state index in [2.05, 4.69) is 10.1 Å². The molecular weight excluding hydrogens is 182 g/mol. The number of aliphatic hydroxyl groups is 1. The summed E-state index contributed by atoms with van der Waals surface area (Å²) in [6, 6.07) is 0. The van der Waals surface area contributed by atoms with E-state index in [-0.39, 0.29) is 12.1 Å². The maximum absolute atomic E-state index is 10.7. The summed E-state index contributed by atoms with van der Waals surface area (Å²) in [6.07, 6.45) is 2.61. The maximum Gasteiger partial charge on any atom is 0.305 e. The molecule has 0 amide bonds. The van der Waals surface area contributed by atoms with Gasteiger partial charge in [0.25, 0.3) is 0 Å². The topological polar surface area (TPSA) is 58.6 Å². The Hall–Kier alpha value is -0.610. The number of hydrogen-bond acceptors (Lipinski definition) is 4. The van der Waals surface area contributed by atoms with Gasteiger partial charge in [0, 0.05) is 6.42 Å². The second-order valence-electron chi connectivity index (χ2n) is 3.28. The number of rotatable bonds is 8. The van der Waals surface area contributed by atoms with Gasteiger partial charge in [-0.05, 0) is 32.4 Å². The molecule has 0 radical (unpaired) electrons. The Morgan fingerprint density at radius 2 is 2.21 bits per heavy atom. The van der Waals surface area contributed by atoms with Crippen LogP contribution >= 0.6 is 0 Å². The van der Waals surface area contributed by atoms with Crippen molar-refractivity contribution in [3.63, 3.8) is 0 Å². The number of nitrogens with one attached hydrogen (secondary N) is 1. The third kappa shape index (κ3) is 8.01. The highest BCUT2D eigenvalue weighted by molar-refractivity contribution is 5.68. The van der Waals surface area contributed by atoms with E-state index in [0.29, 0.717) is 6.42 Å². The number of aliphatic hydroxyl groups excluding tert-OH is 1. The first-order chi connectivity index (χ1) is 6.70. The van der Waals surface area contributed by atoms with Crippen molar-refractivity contribution in [2.75, 3.05) is 20.2 Å². The Bertz CT molecular complexity index is 150. The smallest absolute Gasteiger partial charge is 0.305 e. The molecule has 0 heterocycles. The molecule has 0 saturated heterocycles. The van der Waals surface area contributed by atoms with Crippen molar-refractivity contribution in [3.05, 3.63) is 0 Å². The van der Waals surface area contributed by atoms with Gasteiger partial charge in [0.2, 0.25) is 0 Å². The Kier molecular flexibility index (Phi) is 8.57. The number of carbonyl (C=O) groups excluding carboxylic acids is 1. The lowest BCUT2D eigenvalue weighted by Gasteiger charge is -2.08. The molecule has 0 spiro atoms. The summed E-state index contributed by atoms with van der Waals surface area (Å²) < 4.78 is 4.51. The lowest BCUT2D eigenvalue weighted by molar-refractivity contribution is -0.140. The van der Waals surface area contributed by atoms with Crippen LogP contribution in [0.3, 0.4) is 0 Å². The van der Waals surface area contributed by atoms with E-state index in [1.807, 2.05) is 6.92 Å². The van der Waals surface area contributed by atoms with Crippen LogP contribution in [0.2, 0.25) is 0 Å². The predicted molar refractivity (Wildman–Crippen MR) is 55.0 cm³/mol. The van der Waals surface area contributed by atoms with E-state index in [1.165, 1.54) is 7.11 Å². The monoisotopic (exact) mass is 203 g/mol. The fraction of sp³-hybridized carbons (Fsp3) is 0.900. The van der Waals surface area contributed by atoms with Crippen molar-refractivity contribution >= 4 is 5.97 Å². The summed E-state index contributed by atoms with van der Waals surface area (Å²) in [5, 5.41) is 12.4. The molecule has 1 unspecified atom stereocenters. The lowest BCUT2D eigenvalue weighted by Crippen LogP contribution is -2.21. The van der Waals surface area contributed by atoms with Crippen LogP contribution in [0.4, 0.5) is 0 Å². The van der Waals surface area contributed by atoms with E-state index in [9.17, 15) is 9.90 Å². The van der Waals surface area contributed by atoms with E-state index < -0.39 is 0 Å². The van der Waals surface area contributed by atoms with Crippen LogP contribution < -0.4 is 5.32 Å². The molecule has 0 bridgehead atoms. The molecule has 0 aromatic heterocycles. The molecule has 0 aromatic rings. The van der Waals surface area contributed by atoms with Crippen molar-refractivity contribution in [3.8, 4) is 0 Å². The number of ether oxygens (including phenoxy) is 1. The Morgan fingerprint density at radius 3 is 2.79 bits per heavy atom. The zero-order valence-corrected chi connectivity index (χ0v) is 9.08. The van der Waals surface area contributed by atoms with Gasteiger partial charge in [-0.3, -0.25) is 4.79 Å². The van der Waals surface area contributed by atoms with Crippen molar-refractivity contribution in [2.45, 2.75) is 38.7 Å². The van der Waals surface area contributed by atoms with Gasteiger partial charge in [0.1, 0.15) is 0 Å². The summed E-state index contributed by atoms with van der Waals surface area (Å²) in [6.45, 7) is 3.56. The van der Waals surface area contributed by atoms with Crippen LogP contribution in [-0.4, -0.2) is 37.4 Å². The molecule has 4 heteroatoms. The largest absolute Gasteiger partial charge is 0.469 e. The summed E-state index contributed by atoms with van der Waals surface area (Å²) in [4.78, 5) is 10.7. The second-order valence-corrected chi connectivity index (χ2v) is 3.28. The Morgan fingerprint density at radius 1 is 1.50 bits per heavy atom. The molecule has 14 heavy (non-hydrogen) atoms. The molecule has 4 nitrogen and oxygen atoms in total. The number of esters is 1. The second kappa shape index (κ2) is 8.97. The molecule has 2 N–H and O–H groups in total. The van der Waals surface area contributed by atoms with Gasteiger partial charge in [-0.2, -0.15) is 0 Å². The molecule has 0 fully saturated rings. The van der Waals surface area contributed by atoms with Gasteiger partial charge in [0.05, 0.1) is 13.2 Å². The molecule has 0 aliphatic rings. The normalized spacial score (nSPS) is 12.5.